The summed E-state index contributed by atoms with van der Waals surface area (Å²) < 4.78 is 19.3. The molecule has 0 spiro atoms. The monoisotopic (exact) mass is 312 g/mol. The lowest BCUT2D eigenvalue weighted by atomic mass is 10.0. The summed E-state index contributed by atoms with van der Waals surface area (Å²) in [6.07, 6.45) is 4.32. The number of hydrogen-bond donors (Lipinski definition) is 0. The van der Waals surface area contributed by atoms with Crippen molar-refractivity contribution in [3.8, 4) is 0 Å². The summed E-state index contributed by atoms with van der Waals surface area (Å²) in [7, 11) is -2.45. The highest BCUT2D eigenvalue weighted by molar-refractivity contribution is 6.61. The average molecular weight is 312 g/mol. The SMILES string of the molecule is CC1CN2CC3O[Si](CCCN4CCCC4)(O1)OC3(C)C2. The van der Waals surface area contributed by atoms with Crippen molar-refractivity contribution < 1.29 is 13.3 Å². The molecule has 4 bridgehead atoms. The Kier molecular flexibility index (Phi) is 3.67. The van der Waals surface area contributed by atoms with Gasteiger partial charge in [0.15, 0.2) is 0 Å². The fourth-order valence-electron chi connectivity index (χ4n) is 4.49. The Labute approximate surface area is 128 Å². The molecule has 5 saturated heterocycles. The van der Waals surface area contributed by atoms with Crippen LogP contribution in [0.25, 0.3) is 0 Å². The van der Waals surface area contributed by atoms with Crippen LogP contribution in [0, 0.1) is 0 Å². The normalized spacial score (nSPS) is 49.7. The van der Waals surface area contributed by atoms with Gasteiger partial charge >= 0.3 is 8.80 Å². The maximum Gasteiger partial charge on any atom is 0.502 e. The van der Waals surface area contributed by atoms with Gasteiger partial charge in [-0.3, -0.25) is 4.90 Å². The molecule has 6 heteroatoms. The van der Waals surface area contributed by atoms with E-state index >= 15 is 0 Å². The minimum absolute atomic E-state index is 0.125. The van der Waals surface area contributed by atoms with Gasteiger partial charge in [-0.25, -0.2) is 0 Å². The summed E-state index contributed by atoms with van der Waals surface area (Å²) in [4.78, 5) is 4.99. The van der Waals surface area contributed by atoms with Gasteiger partial charge < -0.3 is 18.2 Å². The number of nitrogens with zero attached hydrogens (tertiary/aromatic N) is 2. The first-order valence-electron chi connectivity index (χ1n) is 8.57. The molecule has 0 aromatic rings. The van der Waals surface area contributed by atoms with Gasteiger partial charge in [-0.2, -0.15) is 0 Å². The van der Waals surface area contributed by atoms with Crippen molar-refractivity contribution in [2.24, 2.45) is 0 Å². The zero-order valence-electron chi connectivity index (χ0n) is 13.3. The van der Waals surface area contributed by atoms with Gasteiger partial charge in [-0.1, -0.05) is 0 Å². The summed E-state index contributed by atoms with van der Waals surface area (Å²) in [5.74, 6) is 0. The highest BCUT2D eigenvalue weighted by Crippen LogP contribution is 2.44. The molecular weight excluding hydrogens is 284 g/mol. The molecule has 5 rings (SSSR count). The third-order valence-corrected chi connectivity index (χ3v) is 8.55. The van der Waals surface area contributed by atoms with Crippen LogP contribution >= 0.6 is 0 Å². The van der Waals surface area contributed by atoms with E-state index in [1.165, 1.54) is 32.5 Å². The van der Waals surface area contributed by atoms with Crippen molar-refractivity contribution in [1.29, 1.82) is 0 Å². The predicted molar refractivity (Wildman–Crippen MR) is 82.2 cm³/mol. The average Bonchev–Trinajstić information content (AvgIpc) is 3.01. The second-order valence-electron chi connectivity index (χ2n) is 7.48. The fourth-order valence-corrected chi connectivity index (χ4v) is 7.92. The van der Waals surface area contributed by atoms with Crippen LogP contribution in [0.2, 0.25) is 6.04 Å². The van der Waals surface area contributed by atoms with Gasteiger partial charge in [-0.15, -0.1) is 0 Å². The van der Waals surface area contributed by atoms with E-state index in [1.54, 1.807) is 0 Å². The second kappa shape index (κ2) is 5.28. The summed E-state index contributed by atoms with van der Waals surface area (Å²) in [6, 6.07) is 0.986. The number of rotatable bonds is 4. The van der Waals surface area contributed by atoms with Crippen LogP contribution in [0.5, 0.6) is 0 Å². The van der Waals surface area contributed by atoms with Crippen LogP contribution in [0.3, 0.4) is 0 Å². The first-order valence-corrected chi connectivity index (χ1v) is 10.5. The van der Waals surface area contributed by atoms with Crippen molar-refractivity contribution >= 4 is 8.80 Å². The second-order valence-corrected chi connectivity index (χ2v) is 10.0. The molecule has 0 amide bonds. The van der Waals surface area contributed by atoms with Gasteiger partial charge in [0.2, 0.25) is 0 Å². The molecule has 5 atom stereocenters. The van der Waals surface area contributed by atoms with E-state index in [-0.39, 0.29) is 17.8 Å². The number of hydrogen-bond acceptors (Lipinski definition) is 5. The summed E-state index contributed by atoms with van der Waals surface area (Å²) >= 11 is 0. The predicted octanol–water partition coefficient (Wildman–Crippen LogP) is 1.32. The molecule has 0 aliphatic carbocycles. The Morgan fingerprint density at radius 3 is 2.76 bits per heavy atom. The summed E-state index contributed by atoms with van der Waals surface area (Å²) in [6.45, 7) is 11.1. The Morgan fingerprint density at radius 2 is 2.00 bits per heavy atom. The number of likely N-dealkylation sites (tertiary alicyclic amines) is 1. The van der Waals surface area contributed by atoms with Crippen molar-refractivity contribution in [2.75, 3.05) is 39.3 Å². The molecule has 120 valence electrons. The van der Waals surface area contributed by atoms with Crippen LogP contribution in [0.1, 0.15) is 33.1 Å². The maximum absolute atomic E-state index is 6.50. The molecule has 5 nitrogen and oxygen atoms in total. The van der Waals surface area contributed by atoms with E-state index in [4.69, 9.17) is 13.3 Å². The molecule has 0 radical (unpaired) electrons. The minimum atomic E-state index is -2.45. The van der Waals surface area contributed by atoms with Crippen LogP contribution < -0.4 is 0 Å². The molecule has 5 unspecified atom stereocenters. The smallest absolute Gasteiger partial charge is 0.369 e. The Hall–Kier alpha value is 0.0169. The molecule has 5 heterocycles. The molecule has 5 fully saturated rings. The fraction of sp³-hybridized carbons (Fsp3) is 1.00. The maximum atomic E-state index is 6.50. The molecule has 0 aromatic carbocycles. The molecule has 0 aromatic heterocycles. The van der Waals surface area contributed by atoms with Crippen molar-refractivity contribution in [1.82, 2.24) is 9.80 Å². The van der Waals surface area contributed by atoms with Crippen molar-refractivity contribution in [2.45, 2.75) is 57.0 Å². The lowest BCUT2D eigenvalue weighted by molar-refractivity contribution is 0.00576. The van der Waals surface area contributed by atoms with E-state index in [0.717, 1.165) is 32.1 Å². The van der Waals surface area contributed by atoms with Crippen LogP contribution in [0.15, 0.2) is 0 Å². The van der Waals surface area contributed by atoms with Gasteiger partial charge in [0.1, 0.15) is 0 Å². The molecule has 21 heavy (non-hydrogen) atoms. The lowest BCUT2D eigenvalue weighted by Crippen LogP contribution is -2.52. The van der Waals surface area contributed by atoms with Gasteiger partial charge in [0, 0.05) is 25.7 Å². The highest BCUT2D eigenvalue weighted by Gasteiger charge is 2.64. The lowest BCUT2D eigenvalue weighted by Gasteiger charge is -2.36. The largest absolute Gasteiger partial charge is 0.502 e. The van der Waals surface area contributed by atoms with E-state index in [2.05, 4.69) is 23.6 Å². The first-order chi connectivity index (χ1) is 10.1. The molecule has 0 N–H and O–H groups in total. The summed E-state index contributed by atoms with van der Waals surface area (Å²) in [5.41, 5.74) is -0.125. The Bertz CT molecular complexity index is 406. The minimum Gasteiger partial charge on any atom is -0.369 e. The topological polar surface area (TPSA) is 34.2 Å². The van der Waals surface area contributed by atoms with E-state index < -0.39 is 8.80 Å². The van der Waals surface area contributed by atoms with Gasteiger partial charge in [-0.05, 0) is 52.7 Å². The standard InChI is InChI=1S/C15H28N2O3Si/c1-13-10-17-11-14-15(2,12-17)20-21(18-13,19-14)9-5-8-16-6-3-4-7-16/h13-14H,3-12H2,1-2H3. The third-order valence-electron chi connectivity index (χ3n) is 5.41. The molecule has 5 aliphatic rings. The van der Waals surface area contributed by atoms with Crippen LogP contribution in [-0.4, -0.2) is 75.7 Å². The number of fused-ring (bicyclic) bond motifs is 2. The Morgan fingerprint density at radius 1 is 1.19 bits per heavy atom. The van der Waals surface area contributed by atoms with Crippen LogP contribution in [-0.2, 0) is 13.3 Å². The van der Waals surface area contributed by atoms with E-state index in [0.29, 0.717) is 0 Å². The first kappa shape index (κ1) is 14.6. The molecular formula is C15H28N2O3Si. The molecule has 5 aliphatic heterocycles. The van der Waals surface area contributed by atoms with Crippen molar-refractivity contribution in [3.63, 3.8) is 0 Å². The van der Waals surface area contributed by atoms with E-state index in [9.17, 15) is 0 Å². The van der Waals surface area contributed by atoms with Gasteiger partial charge in [0.25, 0.3) is 0 Å². The van der Waals surface area contributed by atoms with E-state index in [1.807, 2.05) is 0 Å². The zero-order valence-corrected chi connectivity index (χ0v) is 14.3. The molecule has 0 saturated carbocycles. The van der Waals surface area contributed by atoms with Gasteiger partial charge in [0.05, 0.1) is 17.8 Å². The highest BCUT2D eigenvalue weighted by atomic mass is 28.4. The quantitative estimate of drug-likeness (QED) is 0.732. The third kappa shape index (κ3) is 2.70. The Balaban J connectivity index is 1.42. The van der Waals surface area contributed by atoms with Crippen LogP contribution in [0.4, 0.5) is 0 Å². The zero-order chi connectivity index (χ0) is 14.5. The van der Waals surface area contributed by atoms with Crippen molar-refractivity contribution in [3.05, 3.63) is 0 Å². The summed E-state index contributed by atoms with van der Waals surface area (Å²) in [5, 5.41) is 0.